The van der Waals surface area contributed by atoms with Gasteiger partial charge in [0.1, 0.15) is 10.2 Å². The molecule has 13 heavy (non-hydrogen) atoms. The molecular weight excluding hydrogens is 215 g/mol. The maximum absolute atomic E-state index is 10.4. The molecule has 66 valence electrons. The fourth-order valence-electron chi connectivity index (χ4n) is 0.774. The second-order valence-electron chi connectivity index (χ2n) is 2.31. The molecule has 0 radical (unpaired) electrons. The molecule has 2 N–H and O–H groups in total. The van der Waals surface area contributed by atoms with Gasteiger partial charge in [0, 0.05) is 6.54 Å². The first-order valence-electron chi connectivity index (χ1n) is 3.36. The molecule has 1 aromatic rings. The van der Waals surface area contributed by atoms with Crippen molar-refractivity contribution in [3.05, 3.63) is 41.0 Å². The molecule has 0 saturated heterocycles. The smallest absolute Gasteiger partial charge is 0.550 e. The van der Waals surface area contributed by atoms with Gasteiger partial charge in [-0.1, -0.05) is 30.3 Å². The quantitative estimate of drug-likeness (QED) is 0.608. The molecule has 0 spiro atoms. The van der Waals surface area contributed by atoms with Gasteiger partial charge in [0.2, 0.25) is 0 Å². The van der Waals surface area contributed by atoms with Gasteiger partial charge in [-0.05, 0) is 5.56 Å². The Hall–Kier alpha value is 0.726. The molecule has 0 unspecified atom stereocenters. The van der Waals surface area contributed by atoms with Crippen molar-refractivity contribution >= 4 is 10.2 Å². The van der Waals surface area contributed by atoms with Crippen molar-refractivity contribution in [1.82, 2.24) is 4.72 Å². The molecule has 1 rings (SSSR count). The van der Waals surface area contributed by atoms with Gasteiger partial charge in [-0.2, -0.15) is 0 Å². The Labute approximate surface area is 121 Å². The minimum Gasteiger partial charge on any atom is -0.550 e. The second-order valence-corrected chi connectivity index (χ2v) is 3.61. The third-order valence-corrected chi connectivity index (χ3v) is 1.83. The fraction of sp³-hybridized carbons (Fsp3) is 0.143. The Kier molecular flexibility index (Phi) is 6.60. The predicted molar refractivity (Wildman–Crippen MR) is 46.5 cm³/mol. The van der Waals surface area contributed by atoms with E-state index in [1.54, 1.807) is 12.1 Å². The van der Waals surface area contributed by atoms with E-state index in [1.807, 2.05) is 18.2 Å². The van der Waals surface area contributed by atoms with E-state index in [2.05, 4.69) is 4.72 Å². The molecule has 6 heteroatoms. The van der Waals surface area contributed by atoms with Gasteiger partial charge in [0.05, 0.1) is 0 Å². The van der Waals surface area contributed by atoms with Crippen LogP contribution < -0.4 is 56.1 Å². The van der Waals surface area contributed by atoms with Crippen LogP contribution in [-0.2, 0) is 16.8 Å². The summed E-state index contributed by atoms with van der Waals surface area (Å²) in [5.74, 6) is 0. The number of benzene rings is 1. The van der Waals surface area contributed by atoms with Crippen molar-refractivity contribution < 1.29 is 59.8 Å². The monoisotopic (exact) mass is 224 g/mol. The molecule has 0 aliphatic carbocycles. The van der Waals surface area contributed by atoms with Crippen molar-refractivity contribution in [3.63, 3.8) is 0 Å². The fourth-order valence-corrected chi connectivity index (χ4v) is 1.13. The summed E-state index contributed by atoms with van der Waals surface area (Å²) >= 11 is 0. The summed E-state index contributed by atoms with van der Waals surface area (Å²) in [5, 5.41) is 6.54. The number of rotatable bonds is 3. The van der Waals surface area contributed by atoms with Crippen molar-refractivity contribution in [2.24, 2.45) is 0 Å². The third-order valence-electron chi connectivity index (χ3n) is 1.31. The van der Waals surface area contributed by atoms with Gasteiger partial charge in [-0.15, -0.1) is 0 Å². The predicted octanol–water partition coefficient (Wildman–Crippen LogP) is -1.92. The summed E-state index contributed by atoms with van der Waals surface area (Å²) in [7, 11) is -3.82. The second kappa shape index (κ2) is 6.26. The zero-order chi connectivity index (χ0) is 9.03. The average molecular weight is 224 g/mol. The van der Waals surface area contributed by atoms with Gasteiger partial charge in [0.25, 0.3) is 0 Å². The van der Waals surface area contributed by atoms with E-state index in [0.29, 0.717) is 0 Å². The van der Waals surface area contributed by atoms with Crippen LogP contribution in [-0.4, -0.2) is 8.42 Å². The average Bonchev–Trinajstić information content (AvgIpc) is 2.02. The Morgan fingerprint density at radius 3 is 2.23 bits per heavy atom. The third kappa shape index (κ3) is 6.75. The molecule has 1 aromatic carbocycles. The summed E-state index contributed by atoms with van der Waals surface area (Å²) in [5.41, 5.74) is 0.841. The van der Waals surface area contributed by atoms with Crippen molar-refractivity contribution in [1.29, 1.82) is 0 Å². The van der Waals surface area contributed by atoms with Crippen LogP contribution in [0.3, 0.4) is 0 Å². The zero-order valence-electron chi connectivity index (χ0n) is 7.32. The number of hydrogen-bond acceptors (Lipinski definition) is 2. The number of hydrogen-bond donors (Lipinski definition) is 1. The molecule has 0 fully saturated rings. The Bertz CT molecular complexity index is 339. The first-order valence-corrected chi connectivity index (χ1v) is 4.84. The number of nitrogens with one attached hydrogen (secondary N) is 2. The van der Waals surface area contributed by atoms with Gasteiger partial charge < -0.3 is 5.14 Å². The molecule has 0 saturated carbocycles. The molecule has 0 aliphatic heterocycles. The Morgan fingerprint density at radius 1 is 1.23 bits per heavy atom. The summed E-state index contributed by atoms with van der Waals surface area (Å²) in [6.07, 6.45) is 0. The standard InChI is InChI=1S/C7H9N2O2S.K/c8-12(10,11)9-6-7-4-2-1-3-5-7;/h1-5,9H,6H2,(H-,8,10,11);/q-1;+1. The summed E-state index contributed by atoms with van der Waals surface area (Å²) in [4.78, 5) is 0. The van der Waals surface area contributed by atoms with Crippen LogP contribution in [0.2, 0.25) is 0 Å². The van der Waals surface area contributed by atoms with Crippen molar-refractivity contribution in [2.75, 3.05) is 0 Å². The van der Waals surface area contributed by atoms with Crippen LogP contribution in [0.25, 0.3) is 5.14 Å². The Balaban J connectivity index is 0.00000144. The largest absolute Gasteiger partial charge is 1.00 e. The molecule has 4 nitrogen and oxygen atoms in total. The van der Waals surface area contributed by atoms with Gasteiger partial charge in [0.15, 0.2) is 0 Å². The molecule has 0 aliphatic rings. The maximum Gasteiger partial charge on any atom is 1.00 e. The summed E-state index contributed by atoms with van der Waals surface area (Å²) in [6, 6.07) is 9.05. The molecule has 0 bridgehead atoms. The normalized spacial score (nSPS) is 10.5. The van der Waals surface area contributed by atoms with E-state index < -0.39 is 10.2 Å². The van der Waals surface area contributed by atoms with Crippen LogP contribution in [0.4, 0.5) is 0 Å². The van der Waals surface area contributed by atoms with E-state index in [4.69, 9.17) is 5.14 Å². The summed E-state index contributed by atoms with van der Waals surface area (Å²) < 4.78 is 22.8. The van der Waals surface area contributed by atoms with Crippen molar-refractivity contribution in [3.8, 4) is 0 Å². The van der Waals surface area contributed by atoms with E-state index >= 15 is 0 Å². The van der Waals surface area contributed by atoms with Crippen LogP contribution in [0.1, 0.15) is 5.56 Å². The molecular formula is C7H9KN2O2S. The molecule has 0 atom stereocenters. The maximum atomic E-state index is 10.4. The minimum atomic E-state index is -3.82. The summed E-state index contributed by atoms with van der Waals surface area (Å²) in [6.45, 7) is 0.173. The Morgan fingerprint density at radius 2 is 1.77 bits per heavy atom. The zero-order valence-corrected chi connectivity index (χ0v) is 11.3. The molecule has 0 heterocycles. The molecule has 0 aromatic heterocycles. The first kappa shape index (κ1) is 13.7. The van der Waals surface area contributed by atoms with E-state index in [0.717, 1.165) is 5.56 Å². The van der Waals surface area contributed by atoms with Crippen LogP contribution >= 0.6 is 0 Å². The van der Waals surface area contributed by atoms with Crippen molar-refractivity contribution in [2.45, 2.75) is 6.54 Å². The van der Waals surface area contributed by atoms with E-state index in [1.165, 1.54) is 0 Å². The van der Waals surface area contributed by atoms with Gasteiger partial charge >= 0.3 is 51.4 Å². The molecule has 0 amide bonds. The first-order chi connectivity index (χ1) is 5.58. The van der Waals surface area contributed by atoms with Gasteiger partial charge in [-0.3, -0.25) is 0 Å². The minimum absolute atomic E-state index is 0. The van der Waals surface area contributed by atoms with Gasteiger partial charge in [-0.25, -0.2) is 13.1 Å². The van der Waals surface area contributed by atoms with Crippen LogP contribution in [0.5, 0.6) is 0 Å². The van der Waals surface area contributed by atoms with E-state index in [-0.39, 0.29) is 57.9 Å². The van der Waals surface area contributed by atoms with E-state index in [9.17, 15) is 8.42 Å². The SMILES string of the molecule is [K+].[NH-]S(=O)(=O)NCc1ccccc1. The topological polar surface area (TPSA) is 70.0 Å². The van der Waals surface area contributed by atoms with Crippen LogP contribution in [0.15, 0.2) is 30.3 Å². The van der Waals surface area contributed by atoms with Crippen LogP contribution in [0, 0.1) is 0 Å².